The number of aryl methyl sites for hydroxylation is 1. The monoisotopic (exact) mass is 415 g/mol. The molecule has 4 rings (SSSR count). The molecule has 1 saturated heterocycles. The first-order valence-electron chi connectivity index (χ1n) is 9.01. The van der Waals surface area contributed by atoms with Gasteiger partial charge >= 0.3 is 0 Å². The third-order valence-corrected chi connectivity index (χ3v) is 4.43. The van der Waals surface area contributed by atoms with Gasteiger partial charge in [-0.2, -0.15) is 0 Å². The number of carbonyl (C=O) groups is 1. The van der Waals surface area contributed by atoms with Crippen molar-refractivity contribution in [1.29, 1.82) is 0 Å². The quantitative estimate of drug-likeness (QED) is 0.645. The predicted molar refractivity (Wildman–Crippen MR) is 102 cm³/mol. The lowest BCUT2D eigenvalue weighted by Gasteiger charge is -2.40. The normalized spacial score (nSPS) is 13.7. The molecule has 1 aliphatic heterocycles. The van der Waals surface area contributed by atoms with E-state index in [4.69, 9.17) is 4.74 Å². The molecule has 3 heterocycles. The van der Waals surface area contributed by atoms with Gasteiger partial charge in [0, 0.05) is 30.7 Å². The molecule has 1 aromatic carbocycles. The number of halogens is 3. The second-order valence-corrected chi connectivity index (χ2v) is 6.78. The van der Waals surface area contributed by atoms with Crippen LogP contribution in [0.4, 0.5) is 24.7 Å². The van der Waals surface area contributed by atoms with Crippen LogP contribution in [0.1, 0.15) is 16.1 Å². The standard InChI is InChI=1S/C20H16F3N5O2/c1-11-4-12(8-24-7-11)27-20(29)18-19(26-3-2-25-18)28-9-14(10-28)30-13-5-15(21)17(23)16(22)6-13/h2-8,14H,9-10H2,1H3,(H,27,29). The van der Waals surface area contributed by atoms with Crippen molar-refractivity contribution in [3.05, 3.63) is 71.7 Å². The van der Waals surface area contributed by atoms with Crippen LogP contribution in [0.5, 0.6) is 5.75 Å². The molecule has 1 N–H and O–H groups in total. The topological polar surface area (TPSA) is 80.2 Å². The summed E-state index contributed by atoms with van der Waals surface area (Å²) in [5, 5.41) is 2.73. The third-order valence-electron chi connectivity index (χ3n) is 4.43. The van der Waals surface area contributed by atoms with Gasteiger partial charge in [0.15, 0.2) is 29.0 Å². The van der Waals surface area contributed by atoms with Crippen molar-refractivity contribution < 1.29 is 22.7 Å². The summed E-state index contributed by atoms with van der Waals surface area (Å²) in [6.07, 6.45) is 5.65. The molecule has 1 aliphatic rings. The van der Waals surface area contributed by atoms with Crippen molar-refractivity contribution in [2.24, 2.45) is 0 Å². The first kappa shape index (κ1) is 19.6. The van der Waals surface area contributed by atoms with Gasteiger partial charge in [-0.15, -0.1) is 0 Å². The van der Waals surface area contributed by atoms with Crippen molar-refractivity contribution in [1.82, 2.24) is 15.0 Å². The molecule has 1 fully saturated rings. The fourth-order valence-corrected chi connectivity index (χ4v) is 3.01. The van der Waals surface area contributed by atoms with E-state index in [-0.39, 0.29) is 11.4 Å². The molecule has 2 aromatic heterocycles. The number of nitrogens with one attached hydrogen (secondary N) is 1. The zero-order chi connectivity index (χ0) is 21.3. The third kappa shape index (κ3) is 4.02. The summed E-state index contributed by atoms with van der Waals surface area (Å²) in [5.74, 6) is -4.39. The predicted octanol–water partition coefficient (Wildman–Crippen LogP) is 3.12. The minimum Gasteiger partial charge on any atom is -0.487 e. The van der Waals surface area contributed by atoms with Gasteiger partial charge in [0.1, 0.15) is 11.9 Å². The van der Waals surface area contributed by atoms with Gasteiger partial charge < -0.3 is 15.0 Å². The molecular weight excluding hydrogens is 399 g/mol. The highest BCUT2D eigenvalue weighted by Crippen LogP contribution is 2.27. The molecule has 154 valence electrons. The van der Waals surface area contributed by atoms with Crippen LogP contribution >= 0.6 is 0 Å². The fourth-order valence-electron chi connectivity index (χ4n) is 3.01. The number of pyridine rings is 1. The lowest BCUT2D eigenvalue weighted by atomic mass is 10.1. The second-order valence-electron chi connectivity index (χ2n) is 6.78. The SMILES string of the molecule is Cc1cncc(NC(=O)c2nccnc2N2CC(Oc3cc(F)c(F)c(F)c3)C2)c1. The van der Waals surface area contributed by atoms with Gasteiger partial charge in [-0.25, -0.2) is 23.1 Å². The molecule has 0 atom stereocenters. The molecule has 0 aliphatic carbocycles. The van der Waals surface area contributed by atoms with E-state index in [2.05, 4.69) is 20.3 Å². The molecule has 3 aromatic rings. The van der Waals surface area contributed by atoms with E-state index < -0.39 is 29.5 Å². The number of carbonyl (C=O) groups excluding carboxylic acids is 1. The highest BCUT2D eigenvalue weighted by Gasteiger charge is 2.33. The number of anilines is 2. The Balaban J connectivity index is 1.43. The van der Waals surface area contributed by atoms with Crippen molar-refractivity contribution in [2.75, 3.05) is 23.3 Å². The smallest absolute Gasteiger partial charge is 0.278 e. The average Bonchev–Trinajstić information content (AvgIpc) is 2.68. The van der Waals surface area contributed by atoms with Gasteiger partial charge in [-0.1, -0.05) is 0 Å². The number of amides is 1. The zero-order valence-electron chi connectivity index (χ0n) is 15.8. The highest BCUT2D eigenvalue weighted by molar-refractivity contribution is 6.06. The van der Waals surface area contributed by atoms with Crippen molar-refractivity contribution in [3.8, 4) is 5.75 Å². The number of aromatic nitrogens is 3. The largest absolute Gasteiger partial charge is 0.487 e. The molecule has 30 heavy (non-hydrogen) atoms. The zero-order valence-corrected chi connectivity index (χ0v) is 15.8. The van der Waals surface area contributed by atoms with E-state index in [0.717, 1.165) is 17.7 Å². The Morgan fingerprint density at radius 2 is 1.80 bits per heavy atom. The summed E-state index contributed by atoms with van der Waals surface area (Å²) >= 11 is 0. The van der Waals surface area contributed by atoms with Crippen LogP contribution in [0.15, 0.2) is 43.0 Å². The minimum absolute atomic E-state index is 0.111. The number of ether oxygens (including phenoxy) is 1. The van der Waals surface area contributed by atoms with Crippen LogP contribution in [-0.4, -0.2) is 40.1 Å². The average molecular weight is 415 g/mol. The maximum Gasteiger partial charge on any atom is 0.278 e. The van der Waals surface area contributed by atoms with E-state index in [1.807, 2.05) is 6.92 Å². The maximum atomic E-state index is 13.3. The van der Waals surface area contributed by atoms with Crippen LogP contribution in [-0.2, 0) is 0 Å². The maximum absolute atomic E-state index is 13.3. The Labute approximate surface area is 169 Å². The Bertz CT molecular complexity index is 1080. The molecular formula is C20H16F3N5O2. The Kier molecular flexibility index (Phi) is 5.21. The second kappa shape index (κ2) is 7.97. The number of hydrogen-bond donors (Lipinski definition) is 1. The molecule has 0 radical (unpaired) electrons. The molecule has 1 amide bonds. The van der Waals surface area contributed by atoms with E-state index in [0.29, 0.717) is 24.6 Å². The van der Waals surface area contributed by atoms with E-state index >= 15 is 0 Å². The molecule has 10 heteroatoms. The lowest BCUT2D eigenvalue weighted by molar-refractivity contribution is 0.102. The summed E-state index contributed by atoms with van der Waals surface area (Å²) in [6, 6.07) is 3.35. The molecule has 0 saturated carbocycles. The lowest BCUT2D eigenvalue weighted by Crippen LogP contribution is -2.54. The van der Waals surface area contributed by atoms with Gasteiger partial charge in [0.25, 0.3) is 5.91 Å². The molecule has 7 nitrogen and oxygen atoms in total. The summed E-state index contributed by atoms with van der Waals surface area (Å²) in [7, 11) is 0. The van der Waals surface area contributed by atoms with E-state index in [9.17, 15) is 18.0 Å². The van der Waals surface area contributed by atoms with Gasteiger partial charge in [-0.3, -0.25) is 9.78 Å². The van der Waals surface area contributed by atoms with Crippen LogP contribution in [0.2, 0.25) is 0 Å². The molecule has 0 spiro atoms. The van der Waals surface area contributed by atoms with Gasteiger partial charge in [-0.05, 0) is 18.6 Å². The van der Waals surface area contributed by atoms with Crippen LogP contribution in [0, 0.1) is 24.4 Å². The molecule has 0 unspecified atom stereocenters. The summed E-state index contributed by atoms with van der Waals surface area (Å²) in [6.45, 7) is 2.48. The Hall–Kier alpha value is -3.69. The fraction of sp³-hybridized carbons (Fsp3) is 0.200. The number of benzene rings is 1. The van der Waals surface area contributed by atoms with Crippen LogP contribution in [0.25, 0.3) is 0 Å². The summed E-state index contributed by atoms with van der Waals surface area (Å²) in [5.41, 5.74) is 1.54. The van der Waals surface area contributed by atoms with E-state index in [1.54, 1.807) is 17.2 Å². The number of nitrogens with zero attached hydrogens (tertiary/aromatic N) is 4. The number of hydrogen-bond acceptors (Lipinski definition) is 6. The van der Waals surface area contributed by atoms with Gasteiger partial charge in [0.2, 0.25) is 0 Å². The van der Waals surface area contributed by atoms with Gasteiger partial charge in [0.05, 0.1) is 25.0 Å². The van der Waals surface area contributed by atoms with Crippen molar-refractivity contribution in [3.63, 3.8) is 0 Å². The summed E-state index contributed by atoms with van der Waals surface area (Å²) < 4.78 is 45.2. The van der Waals surface area contributed by atoms with Crippen LogP contribution in [0.3, 0.4) is 0 Å². The first-order valence-corrected chi connectivity index (χ1v) is 9.01. The Morgan fingerprint density at radius 3 is 2.50 bits per heavy atom. The number of rotatable bonds is 5. The van der Waals surface area contributed by atoms with Crippen molar-refractivity contribution in [2.45, 2.75) is 13.0 Å². The minimum atomic E-state index is -1.54. The van der Waals surface area contributed by atoms with Crippen LogP contribution < -0.4 is 15.0 Å². The van der Waals surface area contributed by atoms with Crippen molar-refractivity contribution >= 4 is 17.4 Å². The molecule has 0 bridgehead atoms. The Morgan fingerprint density at radius 1 is 1.10 bits per heavy atom. The van der Waals surface area contributed by atoms with E-state index in [1.165, 1.54) is 18.6 Å². The highest BCUT2D eigenvalue weighted by atomic mass is 19.2. The first-order chi connectivity index (χ1) is 14.4. The summed E-state index contributed by atoms with van der Waals surface area (Å²) in [4.78, 5) is 26.8.